The Balaban J connectivity index is 2.14. The Hall–Kier alpha value is -1.93. The number of aliphatic carboxylic acids is 1. The van der Waals surface area contributed by atoms with E-state index in [-0.39, 0.29) is 10.8 Å². The lowest BCUT2D eigenvalue weighted by atomic mass is 9.85. The van der Waals surface area contributed by atoms with Crippen molar-refractivity contribution >= 4 is 27.6 Å². The molecule has 7 nitrogen and oxygen atoms in total. The van der Waals surface area contributed by atoms with Gasteiger partial charge in [-0.15, -0.1) is 0 Å². The number of carboxylic acid groups (broad SMARTS) is 1. The number of anilines is 1. The highest BCUT2D eigenvalue weighted by Gasteiger charge is 2.33. The standard InChI is InChI=1S/C15H20N2O5S/c1-10(18)16-11-6-8-12(9-7-11)23(21,22)17-14-5-3-2-4-13(14)15(19)20/h6-9,13-14,17H,2-5H2,1H3,(H,16,18)(H,19,20). The van der Waals surface area contributed by atoms with Crippen molar-refractivity contribution in [3.8, 4) is 0 Å². The van der Waals surface area contributed by atoms with Gasteiger partial charge in [0.15, 0.2) is 0 Å². The minimum absolute atomic E-state index is 0.0429. The van der Waals surface area contributed by atoms with Crippen LogP contribution in [0.25, 0.3) is 0 Å². The fraction of sp³-hybridized carbons (Fsp3) is 0.467. The first kappa shape index (κ1) is 17.4. The van der Waals surface area contributed by atoms with Crippen LogP contribution in [0.4, 0.5) is 5.69 Å². The number of carboxylic acids is 1. The largest absolute Gasteiger partial charge is 0.481 e. The second-order valence-corrected chi connectivity index (χ2v) is 7.38. The van der Waals surface area contributed by atoms with Gasteiger partial charge in [-0.3, -0.25) is 9.59 Å². The molecule has 2 unspecified atom stereocenters. The van der Waals surface area contributed by atoms with E-state index in [0.717, 1.165) is 12.8 Å². The van der Waals surface area contributed by atoms with Crippen molar-refractivity contribution in [2.24, 2.45) is 5.92 Å². The quantitative estimate of drug-likeness (QED) is 0.753. The Morgan fingerprint density at radius 3 is 2.30 bits per heavy atom. The summed E-state index contributed by atoms with van der Waals surface area (Å²) in [6, 6.07) is 5.15. The SMILES string of the molecule is CC(=O)Nc1ccc(S(=O)(=O)NC2CCCCC2C(=O)O)cc1. The summed E-state index contributed by atoms with van der Waals surface area (Å²) >= 11 is 0. The van der Waals surface area contributed by atoms with Crippen LogP contribution < -0.4 is 10.0 Å². The Morgan fingerprint density at radius 1 is 1.13 bits per heavy atom. The summed E-state index contributed by atoms with van der Waals surface area (Å²) < 4.78 is 27.3. The third-order valence-electron chi connectivity index (χ3n) is 3.87. The molecule has 1 aromatic carbocycles. The molecule has 0 bridgehead atoms. The molecule has 23 heavy (non-hydrogen) atoms. The van der Waals surface area contributed by atoms with E-state index >= 15 is 0 Å². The maximum absolute atomic E-state index is 12.4. The molecule has 3 N–H and O–H groups in total. The maximum atomic E-state index is 12.4. The number of carbonyl (C=O) groups is 2. The van der Waals surface area contributed by atoms with Crippen LogP contribution in [0.15, 0.2) is 29.2 Å². The average Bonchev–Trinajstić information content (AvgIpc) is 2.47. The molecule has 1 aromatic rings. The van der Waals surface area contributed by atoms with Crippen LogP contribution >= 0.6 is 0 Å². The number of sulfonamides is 1. The molecule has 0 aromatic heterocycles. The van der Waals surface area contributed by atoms with E-state index < -0.39 is 28.0 Å². The highest BCUT2D eigenvalue weighted by atomic mass is 32.2. The van der Waals surface area contributed by atoms with Crippen molar-refractivity contribution < 1.29 is 23.1 Å². The van der Waals surface area contributed by atoms with Gasteiger partial charge in [0.25, 0.3) is 0 Å². The Labute approximate surface area is 135 Å². The van der Waals surface area contributed by atoms with Crippen LogP contribution in [0.3, 0.4) is 0 Å². The molecule has 1 fully saturated rings. The van der Waals surface area contributed by atoms with Crippen molar-refractivity contribution in [2.75, 3.05) is 5.32 Å². The van der Waals surface area contributed by atoms with E-state index in [2.05, 4.69) is 10.0 Å². The zero-order valence-corrected chi connectivity index (χ0v) is 13.6. The number of nitrogens with one attached hydrogen (secondary N) is 2. The Kier molecular flexibility index (Phi) is 5.38. The second-order valence-electron chi connectivity index (χ2n) is 5.66. The molecule has 1 amide bonds. The number of hydrogen-bond donors (Lipinski definition) is 3. The van der Waals surface area contributed by atoms with Gasteiger partial charge < -0.3 is 10.4 Å². The Morgan fingerprint density at radius 2 is 1.74 bits per heavy atom. The molecule has 2 rings (SSSR count). The summed E-state index contributed by atoms with van der Waals surface area (Å²) in [5, 5.41) is 11.8. The van der Waals surface area contributed by atoms with Crippen molar-refractivity contribution in [1.29, 1.82) is 0 Å². The molecule has 126 valence electrons. The molecule has 1 saturated carbocycles. The van der Waals surface area contributed by atoms with Crippen LogP contribution in [-0.2, 0) is 19.6 Å². The Bertz CT molecular complexity index is 684. The molecule has 0 saturated heterocycles. The van der Waals surface area contributed by atoms with Crippen LogP contribution in [0, 0.1) is 5.92 Å². The van der Waals surface area contributed by atoms with E-state index in [1.54, 1.807) is 0 Å². The molecule has 1 aliphatic carbocycles. The van der Waals surface area contributed by atoms with Crippen LogP contribution in [0.2, 0.25) is 0 Å². The predicted molar refractivity (Wildman–Crippen MR) is 84.4 cm³/mol. The van der Waals surface area contributed by atoms with Gasteiger partial charge in [-0.05, 0) is 37.1 Å². The van der Waals surface area contributed by atoms with Gasteiger partial charge in [-0.1, -0.05) is 12.8 Å². The predicted octanol–water partition coefficient (Wildman–Crippen LogP) is 1.57. The second kappa shape index (κ2) is 7.10. The average molecular weight is 340 g/mol. The summed E-state index contributed by atoms with van der Waals surface area (Å²) in [6.07, 6.45) is 2.59. The summed E-state index contributed by atoms with van der Waals surface area (Å²) in [5.74, 6) is -1.92. The lowest BCUT2D eigenvalue weighted by molar-refractivity contribution is -0.143. The first-order valence-electron chi connectivity index (χ1n) is 7.42. The molecule has 0 spiro atoms. The van der Waals surface area contributed by atoms with Crippen molar-refractivity contribution in [2.45, 2.75) is 43.5 Å². The molecule has 0 heterocycles. The number of amides is 1. The lowest BCUT2D eigenvalue weighted by Crippen LogP contribution is -2.44. The van der Waals surface area contributed by atoms with Crippen molar-refractivity contribution in [1.82, 2.24) is 4.72 Å². The van der Waals surface area contributed by atoms with Gasteiger partial charge >= 0.3 is 5.97 Å². The smallest absolute Gasteiger partial charge is 0.308 e. The maximum Gasteiger partial charge on any atom is 0.308 e. The third kappa shape index (κ3) is 4.52. The molecular weight excluding hydrogens is 320 g/mol. The van der Waals surface area contributed by atoms with Crippen molar-refractivity contribution in [3.63, 3.8) is 0 Å². The van der Waals surface area contributed by atoms with E-state index in [1.807, 2.05) is 0 Å². The zero-order valence-electron chi connectivity index (χ0n) is 12.8. The fourth-order valence-electron chi connectivity index (χ4n) is 2.76. The van der Waals surface area contributed by atoms with Gasteiger partial charge in [0.1, 0.15) is 0 Å². The summed E-state index contributed by atoms with van der Waals surface area (Å²) in [4.78, 5) is 22.3. The number of benzene rings is 1. The fourth-order valence-corrected chi connectivity index (χ4v) is 4.07. The molecule has 8 heteroatoms. The third-order valence-corrected chi connectivity index (χ3v) is 5.38. The topological polar surface area (TPSA) is 113 Å². The molecule has 1 aliphatic rings. The summed E-state index contributed by atoms with van der Waals surface area (Å²) in [6.45, 7) is 1.36. The molecule has 2 atom stereocenters. The highest BCUT2D eigenvalue weighted by molar-refractivity contribution is 7.89. The van der Waals surface area contributed by atoms with Crippen LogP contribution in [0.1, 0.15) is 32.6 Å². The first-order chi connectivity index (χ1) is 10.8. The van der Waals surface area contributed by atoms with Gasteiger partial charge in [0, 0.05) is 18.7 Å². The van der Waals surface area contributed by atoms with Gasteiger partial charge in [0.2, 0.25) is 15.9 Å². The minimum atomic E-state index is -3.80. The highest BCUT2D eigenvalue weighted by Crippen LogP contribution is 2.26. The van der Waals surface area contributed by atoms with Crippen LogP contribution in [0.5, 0.6) is 0 Å². The van der Waals surface area contributed by atoms with E-state index in [9.17, 15) is 23.1 Å². The minimum Gasteiger partial charge on any atom is -0.481 e. The van der Waals surface area contributed by atoms with Crippen LogP contribution in [-0.4, -0.2) is 31.4 Å². The van der Waals surface area contributed by atoms with Gasteiger partial charge in [0.05, 0.1) is 10.8 Å². The summed E-state index contributed by atoms with van der Waals surface area (Å²) in [5.41, 5.74) is 0.498. The first-order valence-corrected chi connectivity index (χ1v) is 8.91. The number of rotatable bonds is 5. The molecular formula is C15H20N2O5S. The zero-order chi connectivity index (χ0) is 17.0. The molecule has 0 radical (unpaired) electrons. The van der Waals surface area contributed by atoms with Gasteiger partial charge in [-0.2, -0.15) is 0 Å². The van der Waals surface area contributed by atoms with Gasteiger partial charge in [-0.25, -0.2) is 13.1 Å². The number of hydrogen-bond acceptors (Lipinski definition) is 4. The number of carbonyl (C=O) groups excluding carboxylic acids is 1. The summed E-state index contributed by atoms with van der Waals surface area (Å²) in [7, 11) is -3.80. The van der Waals surface area contributed by atoms with E-state index in [4.69, 9.17) is 0 Å². The van der Waals surface area contributed by atoms with E-state index in [1.165, 1.54) is 31.2 Å². The van der Waals surface area contributed by atoms with Crippen molar-refractivity contribution in [3.05, 3.63) is 24.3 Å². The normalized spacial score (nSPS) is 21.6. The van der Waals surface area contributed by atoms with E-state index in [0.29, 0.717) is 18.5 Å². The lowest BCUT2D eigenvalue weighted by Gasteiger charge is -2.29. The molecule has 0 aliphatic heterocycles. The monoisotopic (exact) mass is 340 g/mol.